The minimum atomic E-state index is 0.454. The third-order valence-electron chi connectivity index (χ3n) is 2.39. The lowest BCUT2D eigenvalue weighted by atomic mass is 10.0. The molecule has 2 bridgehead atoms. The fourth-order valence-corrected chi connectivity index (χ4v) is 1.68. The Morgan fingerprint density at radius 2 is 2.19 bits per heavy atom. The molecule has 3 rings (SSSR count). The lowest BCUT2D eigenvalue weighted by Gasteiger charge is -2.27. The maximum absolute atomic E-state index is 5.48. The second-order valence-corrected chi connectivity index (χ2v) is 3.41. The second-order valence-electron chi connectivity index (χ2n) is 3.41. The van der Waals surface area contributed by atoms with Gasteiger partial charge in [-0.25, -0.2) is 0 Å². The SMILES string of the molecule is C=CCOc1cc2c(CC=C)c(c1OC)O2. The van der Waals surface area contributed by atoms with E-state index >= 15 is 0 Å². The van der Waals surface area contributed by atoms with Crippen LogP contribution in [0.15, 0.2) is 31.4 Å². The van der Waals surface area contributed by atoms with Crippen LogP contribution < -0.4 is 14.2 Å². The molecule has 3 heteroatoms. The van der Waals surface area contributed by atoms with Crippen molar-refractivity contribution in [3.63, 3.8) is 0 Å². The van der Waals surface area contributed by atoms with E-state index in [-0.39, 0.29) is 0 Å². The number of allylic oxidation sites excluding steroid dienone is 1. The van der Waals surface area contributed by atoms with Gasteiger partial charge in [-0.15, -0.1) is 6.58 Å². The Bertz CT molecular complexity index is 435. The molecule has 0 amide bonds. The summed E-state index contributed by atoms with van der Waals surface area (Å²) in [5.41, 5.74) is 1.12. The normalized spacial score (nSPS) is 11.1. The van der Waals surface area contributed by atoms with Crippen LogP contribution in [-0.2, 0) is 6.42 Å². The number of fused-ring (bicyclic) bond motifs is 2. The first-order chi connectivity index (χ1) is 7.81. The zero-order valence-electron chi connectivity index (χ0n) is 9.29. The molecule has 0 aromatic heterocycles. The van der Waals surface area contributed by atoms with E-state index in [9.17, 15) is 0 Å². The fourth-order valence-electron chi connectivity index (χ4n) is 1.68. The van der Waals surface area contributed by atoms with Crippen LogP contribution in [-0.4, -0.2) is 13.7 Å². The first kappa shape index (κ1) is 10.6. The van der Waals surface area contributed by atoms with Crippen LogP contribution in [0.1, 0.15) is 5.56 Å². The summed E-state index contributed by atoms with van der Waals surface area (Å²) in [7, 11) is 1.60. The molecule has 2 heterocycles. The minimum Gasteiger partial charge on any atom is -0.490 e. The van der Waals surface area contributed by atoms with Gasteiger partial charge in [0.2, 0.25) is 5.75 Å². The van der Waals surface area contributed by atoms with Crippen molar-refractivity contribution in [2.75, 3.05) is 13.7 Å². The molecule has 0 radical (unpaired) electrons. The zero-order chi connectivity index (χ0) is 11.5. The lowest BCUT2D eigenvalue weighted by Crippen LogP contribution is -2.09. The first-order valence-electron chi connectivity index (χ1n) is 5.08. The quantitative estimate of drug-likeness (QED) is 0.697. The molecule has 16 heavy (non-hydrogen) atoms. The Kier molecular flexibility index (Phi) is 2.86. The van der Waals surface area contributed by atoms with E-state index < -0.39 is 0 Å². The first-order valence-corrected chi connectivity index (χ1v) is 5.08. The molecule has 0 atom stereocenters. The van der Waals surface area contributed by atoms with Gasteiger partial charge in [-0.3, -0.25) is 0 Å². The van der Waals surface area contributed by atoms with Crippen LogP contribution in [0.2, 0.25) is 0 Å². The number of hydrogen-bond donors (Lipinski definition) is 0. The van der Waals surface area contributed by atoms with Gasteiger partial charge in [0, 0.05) is 11.6 Å². The molecule has 0 spiro atoms. The van der Waals surface area contributed by atoms with Gasteiger partial charge in [-0.2, -0.15) is 0 Å². The molecule has 2 aliphatic heterocycles. The van der Waals surface area contributed by atoms with E-state index in [1.165, 1.54) is 0 Å². The van der Waals surface area contributed by atoms with E-state index in [1.54, 1.807) is 13.2 Å². The van der Waals surface area contributed by atoms with Gasteiger partial charge in [0.1, 0.15) is 12.4 Å². The van der Waals surface area contributed by atoms with Gasteiger partial charge in [-0.05, 0) is 6.42 Å². The number of hydrogen-bond acceptors (Lipinski definition) is 3. The van der Waals surface area contributed by atoms with E-state index in [0.29, 0.717) is 18.1 Å². The van der Waals surface area contributed by atoms with Crippen molar-refractivity contribution in [3.05, 3.63) is 36.9 Å². The van der Waals surface area contributed by atoms with Gasteiger partial charge in [0.15, 0.2) is 11.5 Å². The Morgan fingerprint density at radius 1 is 1.38 bits per heavy atom. The molecule has 0 saturated heterocycles. The molecule has 0 unspecified atom stereocenters. The molecule has 1 aromatic carbocycles. The molecule has 84 valence electrons. The summed E-state index contributed by atoms with van der Waals surface area (Å²) >= 11 is 0. The summed E-state index contributed by atoms with van der Waals surface area (Å²) in [6, 6.07) is 1.84. The molecule has 3 nitrogen and oxygen atoms in total. The van der Waals surface area contributed by atoms with E-state index in [0.717, 1.165) is 23.5 Å². The second kappa shape index (κ2) is 4.31. The Hall–Kier alpha value is -1.90. The number of benzene rings is 1. The van der Waals surface area contributed by atoms with Crippen LogP contribution in [0.25, 0.3) is 0 Å². The van der Waals surface area contributed by atoms with Crippen LogP contribution in [0.3, 0.4) is 0 Å². The summed E-state index contributed by atoms with van der Waals surface area (Å²) in [6.45, 7) is 7.77. The van der Waals surface area contributed by atoms with Crippen LogP contribution >= 0.6 is 0 Å². The smallest absolute Gasteiger partial charge is 0.204 e. The predicted octanol–water partition coefficient (Wildman–Crippen LogP) is 3.09. The molecule has 0 aliphatic carbocycles. The van der Waals surface area contributed by atoms with Crippen molar-refractivity contribution < 1.29 is 14.2 Å². The highest BCUT2D eigenvalue weighted by Gasteiger charge is 2.29. The van der Waals surface area contributed by atoms with Gasteiger partial charge in [0.05, 0.1) is 7.11 Å². The molecular formula is C13H14O3. The summed E-state index contributed by atoms with van der Waals surface area (Å²) in [5.74, 6) is 2.95. The number of methoxy groups -OCH3 is 1. The monoisotopic (exact) mass is 218 g/mol. The highest BCUT2D eigenvalue weighted by Crippen LogP contribution is 2.54. The highest BCUT2D eigenvalue weighted by atomic mass is 16.5. The van der Waals surface area contributed by atoms with Crippen LogP contribution in [0, 0.1) is 0 Å². The third-order valence-corrected chi connectivity index (χ3v) is 2.39. The molecule has 2 aliphatic rings. The topological polar surface area (TPSA) is 27.7 Å². The summed E-state index contributed by atoms with van der Waals surface area (Å²) in [4.78, 5) is 0. The van der Waals surface area contributed by atoms with Crippen molar-refractivity contribution >= 4 is 0 Å². The fraction of sp³-hybridized carbons (Fsp3) is 0.231. The minimum absolute atomic E-state index is 0.454. The Labute approximate surface area is 94.9 Å². The average molecular weight is 218 g/mol. The molecule has 0 saturated carbocycles. The summed E-state index contributed by atoms with van der Waals surface area (Å²) in [6.07, 6.45) is 4.32. The maximum atomic E-state index is 5.48. The van der Waals surface area contributed by atoms with Gasteiger partial charge in [0.25, 0.3) is 0 Å². The van der Waals surface area contributed by atoms with Crippen molar-refractivity contribution in [1.82, 2.24) is 0 Å². The predicted molar refractivity (Wildman–Crippen MR) is 62.7 cm³/mol. The largest absolute Gasteiger partial charge is 0.490 e. The van der Waals surface area contributed by atoms with Crippen molar-refractivity contribution in [1.29, 1.82) is 0 Å². The third kappa shape index (κ3) is 1.54. The molecule has 1 aromatic rings. The van der Waals surface area contributed by atoms with Crippen molar-refractivity contribution in [2.24, 2.45) is 0 Å². The number of rotatable bonds is 6. The Balaban J connectivity index is 2.33. The standard InChI is InChI=1S/C13H14O3/c1-4-6-9-10-8-11(15-7-5-2)13(14-3)12(9)16-10/h4-5,8H,1-2,6-7H2,3H3. The van der Waals surface area contributed by atoms with Crippen LogP contribution in [0.5, 0.6) is 23.0 Å². The molecule has 0 N–H and O–H groups in total. The molecular weight excluding hydrogens is 204 g/mol. The van der Waals surface area contributed by atoms with E-state index in [4.69, 9.17) is 14.2 Å². The lowest BCUT2D eigenvalue weighted by molar-refractivity contribution is 0.295. The van der Waals surface area contributed by atoms with Crippen molar-refractivity contribution in [3.8, 4) is 23.0 Å². The molecule has 0 fully saturated rings. The van der Waals surface area contributed by atoms with E-state index in [1.807, 2.05) is 12.1 Å². The maximum Gasteiger partial charge on any atom is 0.204 e. The average Bonchev–Trinajstić information content (AvgIpc) is 2.32. The number of ether oxygens (including phenoxy) is 3. The Morgan fingerprint density at radius 3 is 2.81 bits per heavy atom. The van der Waals surface area contributed by atoms with Crippen molar-refractivity contribution in [2.45, 2.75) is 6.42 Å². The zero-order valence-corrected chi connectivity index (χ0v) is 9.29. The summed E-state index contributed by atoms with van der Waals surface area (Å²) in [5, 5.41) is 0. The van der Waals surface area contributed by atoms with Gasteiger partial charge < -0.3 is 14.2 Å². The van der Waals surface area contributed by atoms with Gasteiger partial charge >= 0.3 is 0 Å². The van der Waals surface area contributed by atoms with Gasteiger partial charge in [-0.1, -0.05) is 18.7 Å². The highest BCUT2D eigenvalue weighted by molar-refractivity contribution is 5.69. The summed E-state index contributed by atoms with van der Waals surface area (Å²) < 4.78 is 16.2. The van der Waals surface area contributed by atoms with Crippen LogP contribution in [0.4, 0.5) is 0 Å². The van der Waals surface area contributed by atoms with E-state index in [2.05, 4.69) is 13.2 Å².